The highest BCUT2D eigenvalue weighted by Gasteiger charge is 2.42. The largest absolute Gasteiger partial charge is 0.373 e. The number of urea groups is 3. The van der Waals surface area contributed by atoms with E-state index in [9.17, 15) is 68.3 Å². The molecule has 0 unspecified atom stereocenters. The first kappa shape index (κ1) is 75.8. The molecule has 6 aliphatic rings. The molecule has 12 rings (SSSR count). The fraction of sp³-hybridized carbons (Fsp3) is 0.485. The van der Waals surface area contributed by atoms with E-state index < -0.39 is 87.0 Å². The number of halogens is 9. The lowest BCUT2D eigenvalue weighted by Crippen LogP contribution is -2.45. The van der Waals surface area contributed by atoms with Gasteiger partial charge in [-0.3, -0.25) is 42.9 Å². The van der Waals surface area contributed by atoms with Gasteiger partial charge in [0.15, 0.2) is 0 Å². The number of hydrogen-bond acceptors (Lipinski definition) is 16. The Hall–Kier alpha value is -9.87. The summed E-state index contributed by atoms with van der Waals surface area (Å²) in [6.45, 7) is 6.93. The molecule has 0 saturated heterocycles. The predicted octanol–water partition coefficient (Wildman–Crippen LogP) is 8.49. The summed E-state index contributed by atoms with van der Waals surface area (Å²) in [4.78, 5) is 99.5. The lowest BCUT2D eigenvalue weighted by molar-refractivity contribution is -0.169. The molecule has 28 nitrogen and oxygen atoms in total. The van der Waals surface area contributed by atoms with Gasteiger partial charge in [-0.2, -0.15) is 20.6 Å². The number of aryl methyl sites for hydroxylation is 2. The highest BCUT2D eigenvalue weighted by molar-refractivity contribution is 5.97. The normalized spacial score (nSPS) is 20.1. The maximum absolute atomic E-state index is 13.6. The Labute approximate surface area is 583 Å². The van der Waals surface area contributed by atoms with Gasteiger partial charge >= 0.3 is 18.1 Å². The number of anilines is 3. The maximum Gasteiger partial charge on any atom is 0.322 e. The number of carbonyl (C=O) groups excluding carboxylic acids is 6. The molecule has 6 aliphatic heterocycles. The van der Waals surface area contributed by atoms with Crippen LogP contribution in [0.1, 0.15) is 103 Å². The molecule has 3 aromatic heterocycles. The number of benzene rings is 3. The first-order chi connectivity index (χ1) is 48.9. The molecule has 37 heteroatoms. The van der Waals surface area contributed by atoms with Crippen molar-refractivity contribution in [3.05, 3.63) is 140 Å². The van der Waals surface area contributed by atoms with Crippen molar-refractivity contribution < 1.29 is 97.0 Å². The summed E-state index contributed by atoms with van der Waals surface area (Å²) >= 11 is 0. The van der Waals surface area contributed by atoms with Crippen LogP contribution in [-0.2, 0) is 87.3 Å². The second-order valence-corrected chi connectivity index (χ2v) is 25.3. The zero-order chi connectivity index (χ0) is 74.4. The summed E-state index contributed by atoms with van der Waals surface area (Å²) < 4.78 is 135. The average molecular weight is 1460 g/mol. The van der Waals surface area contributed by atoms with Crippen LogP contribution in [0, 0.1) is 42.6 Å². The number of carbonyl (C=O) groups is 6. The third kappa shape index (κ3) is 17.8. The predicted molar refractivity (Wildman–Crippen MR) is 345 cm³/mol. The van der Waals surface area contributed by atoms with Crippen LogP contribution in [-0.4, -0.2) is 212 Å². The van der Waals surface area contributed by atoms with Gasteiger partial charge in [0.1, 0.15) is 78.7 Å². The Bertz CT molecular complexity index is 4020. The van der Waals surface area contributed by atoms with Crippen LogP contribution in [0.5, 0.6) is 0 Å². The minimum Gasteiger partial charge on any atom is -0.373 e. The summed E-state index contributed by atoms with van der Waals surface area (Å²) in [5.74, 6) is -2.80. The lowest BCUT2D eigenvalue weighted by atomic mass is 9.99. The van der Waals surface area contributed by atoms with Crippen molar-refractivity contribution in [1.29, 1.82) is 5.26 Å². The minimum atomic E-state index is -2.62. The van der Waals surface area contributed by atoms with E-state index in [1.807, 2.05) is 20.8 Å². The summed E-state index contributed by atoms with van der Waals surface area (Å²) in [6, 6.07) is 12.1. The molecule has 0 fully saturated rings. The molecular weight excluding hydrogens is 1380 g/mol. The van der Waals surface area contributed by atoms with Gasteiger partial charge < -0.3 is 44.9 Å². The van der Waals surface area contributed by atoms with Crippen molar-refractivity contribution in [2.45, 2.75) is 149 Å². The zero-order valence-electron chi connectivity index (χ0n) is 57.1. The average Bonchev–Trinajstić information content (AvgIpc) is 1.64. The van der Waals surface area contributed by atoms with Gasteiger partial charge in [0.2, 0.25) is 0 Å². The first-order valence-corrected chi connectivity index (χ1v) is 32.6. The van der Waals surface area contributed by atoms with Crippen molar-refractivity contribution in [2.24, 2.45) is 0 Å². The van der Waals surface area contributed by atoms with Crippen LogP contribution in [0.2, 0.25) is 0 Å². The van der Waals surface area contributed by atoms with E-state index in [-0.39, 0.29) is 129 Å². The zero-order valence-corrected chi connectivity index (χ0v) is 57.1. The molecule has 0 spiro atoms. The summed E-state index contributed by atoms with van der Waals surface area (Å²) in [7, 11) is 4.28. The van der Waals surface area contributed by atoms with E-state index in [0.717, 1.165) is 21.3 Å². The van der Waals surface area contributed by atoms with Gasteiger partial charge in [0.25, 0.3) is 37.0 Å². The number of rotatable bonds is 15. The second-order valence-electron chi connectivity index (χ2n) is 25.3. The highest BCUT2D eigenvalue weighted by atomic mass is 19.3. The Kier molecular flexibility index (Phi) is 24.0. The Balaban J connectivity index is 0.000000166. The van der Waals surface area contributed by atoms with Crippen molar-refractivity contribution in [3.63, 3.8) is 0 Å². The number of nitriles is 1. The van der Waals surface area contributed by atoms with E-state index in [1.54, 1.807) is 41.8 Å². The smallest absolute Gasteiger partial charge is 0.322 e. The molecular formula is C66H75F9N16O12. The number of amides is 9. The lowest BCUT2D eigenvalue weighted by Gasteiger charge is -2.33. The molecule has 9 amide bonds. The topological polar surface area (TPSA) is 291 Å². The van der Waals surface area contributed by atoms with Crippen LogP contribution < -0.4 is 16.0 Å². The summed E-state index contributed by atoms with van der Waals surface area (Å²) in [5, 5.41) is 34.0. The quantitative estimate of drug-likeness (QED) is 0.0812. The number of nitrogens with one attached hydrogen (secondary N) is 3. The Morgan fingerprint density at radius 2 is 0.796 bits per heavy atom. The molecule has 3 N–H and O–H groups in total. The fourth-order valence-electron chi connectivity index (χ4n) is 12.5. The van der Waals surface area contributed by atoms with Crippen LogP contribution >= 0.6 is 0 Å². The molecule has 0 saturated carbocycles. The molecule has 0 bridgehead atoms. The highest BCUT2D eigenvalue weighted by Crippen LogP contribution is 2.34. The molecule has 6 atom stereocenters. The van der Waals surface area contributed by atoms with Crippen molar-refractivity contribution >= 4 is 52.9 Å². The van der Waals surface area contributed by atoms with Crippen LogP contribution in [0.4, 0.5) is 71.0 Å². The first-order valence-electron chi connectivity index (χ1n) is 32.6. The van der Waals surface area contributed by atoms with Gasteiger partial charge in [-0.05, 0) is 100 Å². The van der Waals surface area contributed by atoms with E-state index >= 15 is 0 Å². The molecule has 554 valence electrons. The Morgan fingerprint density at radius 3 is 1.08 bits per heavy atom. The van der Waals surface area contributed by atoms with Crippen molar-refractivity contribution in [2.75, 3.05) is 76.7 Å². The molecule has 3 aromatic carbocycles. The SMILES string of the molecule is C[C@@H]1Cc2nn3c(c2CN1C(=O)Nc1ccc(F)c(C#N)c1)C(=O)N(C)O[C@@H](COCC(F)F)C3.Cc1cc(NC(=O)N2Cc3c(nn4c3C(=O)N(C)O[C@@H](COCC(F)F)C4)C[C@H]2C)ccc1F.Cc1cc(NC(=O)N2Cc3c(nn4c3C(=O)N(C)O[C@H](COCC(F)F)C4)C[C@H]2C)ccc1F. The number of fused-ring (bicyclic) bond motifs is 9. The maximum atomic E-state index is 13.6. The van der Waals surface area contributed by atoms with Crippen molar-refractivity contribution in [1.82, 2.24) is 59.2 Å². The van der Waals surface area contributed by atoms with E-state index in [1.165, 1.54) is 76.5 Å². The summed E-state index contributed by atoms with van der Waals surface area (Å²) in [5.41, 5.74) is 6.46. The fourth-order valence-corrected chi connectivity index (χ4v) is 12.5. The number of hydroxylamine groups is 6. The van der Waals surface area contributed by atoms with Crippen molar-refractivity contribution in [3.8, 4) is 6.07 Å². The molecule has 0 radical (unpaired) electrons. The van der Waals surface area contributed by atoms with Gasteiger partial charge in [0, 0.05) is 92.3 Å². The molecule has 0 aliphatic carbocycles. The molecule has 9 heterocycles. The number of ether oxygens (including phenoxy) is 3. The number of aromatic nitrogens is 6. The van der Waals surface area contributed by atoms with E-state index in [4.69, 9.17) is 34.0 Å². The van der Waals surface area contributed by atoms with Gasteiger partial charge in [0.05, 0.1) is 81.7 Å². The number of alkyl halides is 6. The third-order valence-electron chi connectivity index (χ3n) is 17.5. The van der Waals surface area contributed by atoms with Gasteiger partial charge in [-0.15, -0.1) is 0 Å². The monoisotopic (exact) mass is 1450 g/mol. The van der Waals surface area contributed by atoms with Crippen LogP contribution in [0.15, 0.2) is 54.6 Å². The van der Waals surface area contributed by atoms with E-state index in [0.29, 0.717) is 75.5 Å². The van der Waals surface area contributed by atoms with Gasteiger partial charge in [-0.1, -0.05) is 0 Å². The Morgan fingerprint density at radius 1 is 0.505 bits per heavy atom. The van der Waals surface area contributed by atoms with Crippen LogP contribution in [0.3, 0.4) is 0 Å². The van der Waals surface area contributed by atoms with Gasteiger partial charge in [-0.25, -0.2) is 69.1 Å². The summed E-state index contributed by atoms with van der Waals surface area (Å²) in [6.07, 6.45) is -8.68. The number of nitrogens with zero attached hydrogens (tertiary/aromatic N) is 13. The standard InChI is InChI=1S/C22H23F3N6O4.2C22H26F3N5O4/c1-12-5-18-16(9-30(12)22(33)27-14-3-4-17(23)13(6-14)7-26)20-21(32)29(2)35-15(8-31(20)28-18)10-34-11-19(24)25;2*1-12-6-14(4-5-17(12)23)26-22(32)29-9-16-18(7-13(29)2)27-30-8-15(10-33-11-19(24)25)34-28(3)21(31)20(16)30/h3-4,6,12,15,19H,5,8-11H2,1-2H3,(H,27,33);2*4-6,13,15,19H,7-11H2,1-3H3,(H,26,32)/t12-,15-;13-,15+;13-,15-/m111/s1. The number of hydrogen-bond donors (Lipinski definition) is 3. The molecule has 6 aromatic rings. The second kappa shape index (κ2) is 32.6. The minimum absolute atomic E-state index is 0.0795. The molecule has 103 heavy (non-hydrogen) atoms. The third-order valence-corrected chi connectivity index (χ3v) is 17.5. The van der Waals surface area contributed by atoms with E-state index in [2.05, 4.69) is 31.2 Å². The van der Waals surface area contributed by atoms with Crippen LogP contribution in [0.25, 0.3) is 0 Å².